The number of benzene rings is 3. The lowest BCUT2D eigenvalue weighted by molar-refractivity contribution is 0.306. The van der Waals surface area contributed by atoms with E-state index in [4.69, 9.17) is 10.00 Å². The zero-order valence-electron chi connectivity index (χ0n) is 17.9. The van der Waals surface area contributed by atoms with Crippen molar-refractivity contribution < 1.29 is 4.74 Å². The van der Waals surface area contributed by atoms with Crippen LogP contribution in [0.5, 0.6) is 5.75 Å². The minimum absolute atomic E-state index is 0.0622. The number of hydrazone groups is 1. The number of aromatic nitrogens is 2. The zero-order valence-corrected chi connectivity index (χ0v) is 17.9. The van der Waals surface area contributed by atoms with Gasteiger partial charge >= 0.3 is 0 Å². The number of nitriles is 2. The lowest BCUT2D eigenvalue weighted by Gasteiger charge is -2.07. The molecule has 34 heavy (non-hydrogen) atoms. The normalized spacial score (nSPS) is 10.4. The van der Waals surface area contributed by atoms with Crippen molar-refractivity contribution >= 4 is 12.2 Å². The Morgan fingerprint density at radius 3 is 2.53 bits per heavy atom. The molecule has 1 heterocycles. The number of anilines is 1. The summed E-state index contributed by atoms with van der Waals surface area (Å²) in [5, 5.41) is 22.4. The van der Waals surface area contributed by atoms with Gasteiger partial charge in [-0.25, -0.2) is 10.4 Å². The predicted octanol–water partition coefficient (Wildman–Crippen LogP) is 4.21. The fourth-order valence-electron chi connectivity index (χ4n) is 3.13. The molecule has 0 aliphatic carbocycles. The molecular weight excluding hydrogens is 428 g/mol. The van der Waals surface area contributed by atoms with E-state index in [-0.39, 0.29) is 17.2 Å². The summed E-state index contributed by atoms with van der Waals surface area (Å²) in [6.45, 7) is 0.364. The standard InChI is InChI=1S/C26H18N6O2/c27-14-18-9-11-19(12-10-18)17-34-22-8-4-5-20(13-22)16-29-32-26-30-24(21-6-2-1-3-7-21)23(15-28)25(33)31-26/h1-13,16H,17H2,(H2,30,31,32,33). The Labute approximate surface area is 195 Å². The monoisotopic (exact) mass is 446 g/mol. The summed E-state index contributed by atoms with van der Waals surface area (Å²) in [6, 6.07) is 27.5. The van der Waals surface area contributed by atoms with Crippen LogP contribution in [-0.4, -0.2) is 16.2 Å². The highest BCUT2D eigenvalue weighted by molar-refractivity contribution is 5.80. The molecule has 3 aromatic carbocycles. The molecule has 1 aromatic heterocycles. The SMILES string of the molecule is N#Cc1ccc(COc2cccc(C=NNc3nc(-c4ccccc4)c(C#N)c(=O)[nH]3)c2)cc1. The Morgan fingerprint density at radius 2 is 1.79 bits per heavy atom. The molecule has 0 saturated heterocycles. The maximum Gasteiger partial charge on any atom is 0.270 e. The van der Waals surface area contributed by atoms with Crippen LogP contribution < -0.4 is 15.7 Å². The fraction of sp³-hybridized carbons (Fsp3) is 0.0385. The largest absolute Gasteiger partial charge is 0.489 e. The third-order valence-corrected chi connectivity index (χ3v) is 4.81. The van der Waals surface area contributed by atoms with Gasteiger partial charge in [-0.15, -0.1) is 0 Å². The average Bonchev–Trinajstić information content (AvgIpc) is 2.88. The maximum atomic E-state index is 12.3. The fourth-order valence-corrected chi connectivity index (χ4v) is 3.13. The number of hydrogen-bond donors (Lipinski definition) is 2. The number of hydrogen-bond acceptors (Lipinski definition) is 7. The van der Waals surface area contributed by atoms with E-state index in [9.17, 15) is 10.1 Å². The predicted molar refractivity (Wildman–Crippen MR) is 128 cm³/mol. The number of H-pyrrole nitrogens is 1. The minimum atomic E-state index is -0.549. The molecule has 0 fully saturated rings. The highest BCUT2D eigenvalue weighted by atomic mass is 16.5. The van der Waals surface area contributed by atoms with E-state index in [1.165, 1.54) is 0 Å². The van der Waals surface area contributed by atoms with E-state index in [2.05, 4.69) is 26.6 Å². The Morgan fingerprint density at radius 1 is 1.00 bits per heavy atom. The molecule has 8 heteroatoms. The van der Waals surface area contributed by atoms with Crippen LogP contribution in [0.2, 0.25) is 0 Å². The molecule has 0 atom stereocenters. The van der Waals surface area contributed by atoms with Crippen LogP contribution in [0.25, 0.3) is 11.3 Å². The Bertz CT molecular complexity index is 1460. The van der Waals surface area contributed by atoms with Crippen molar-refractivity contribution in [2.75, 3.05) is 5.43 Å². The molecule has 8 nitrogen and oxygen atoms in total. The van der Waals surface area contributed by atoms with Crippen LogP contribution in [0.1, 0.15) is 22.3 Å². The maximum absolute atomic E-state index is 12.3. The topological polar surface area (TPSA) is 127 Å². The highest BCUT2D eigenvalue weighted by Crippen LogP contribution is 2.19. The number of nitrogens with zero attached hydrogens (tertiary/aromatic N) is 4. The molecule has 0 aliphatic rings. The van der Waals surface area contributed by atoms with Crippen LogP contribution in [0.4, 0.5) is 5.95 Å². The van der Waals surface area contributed by atoms with Gasteiger partial charge in [-0.1, -0.05) is 54.6 Å². The third kappa shape index (κ3) is 5.34. The van der Waals surface area contributed by atoms with Crippen LogP contribution >= 0.6 is 0 Å². The second kappa shape index (κ2) is 10.4. The van der Waals surface area contributed by atoms with E-state index in [1.54, 1.807) is 42.6 Å². The van der Waals surface area contributed by atoms with Crippen LogP contribution in [-0.2, 0) is 6.61 Å². The van der Waals surface area contributed by atoms with Crippen LogP contribution in [0.15, 0.2) is 88.8 Å². The van der Waals surface area contributed by atoms with E-state index in [0.29, 0.717) is 23.5 Å². The molecule has 2 N–H and O–H groups in total. The van der Waals surface area contributed by atoms with Crippen molar-refractivity contribution in [3.05, 3.63) is 111 Å². The Balaban J connectivity index is 1.45. The smallest absolute Gasteiger partial charge is 0.270 e. The van der Waals surface area contributed by atoms with Gasteiger partial charge in [-0.05, 0) is 35.4 Å². The second-order valence-electron chi connectivity index (χ2n) is 7.16. The number of rotatable bonds is 7. The first-order valence-corrected chi connectivity index (χ1v) is 10.3. The summed E-state index contributed by atoms with van der Waals surface area (Å²) in [4.78, 5) is 19.2. The molecule has 164 valence electrons. The summed E-state index contributed by atoms with van der Waals surface area (Å²) in [6.07, 6.45) is 1.56. The van der Waals surface area contributed by atoms with Crippen molar-refractivity contribution in [2.45, 2.75) is 6.61 Å². The van der Waals surface area contributed by atoms with Crippen molar-refractivity contribution in [3.8, 4) is 29.1 Å². The van der Waals surface area contributed by atoms with Crippen LogP contribution in [0, 0.1) is 22.7 Å². The molecule has 0 aliphatic heterocycles. The quantitative estimate of drug-likeness (QED) is 0.323. The van der Waals surface area contributed by atoms with Crippen LogP contribution in [0.3, 0.4) is 0 Å². The molecule has 0 spiro atoms. The van der Waals surface area contributed by atoms with Gasteiger partial charge in [-0.3, -0.25) is 9.78 Å². The van der Waals surface area contributed by atoms with Crippen molar-refractivity contribution in [1.82, 2.24) is 9.97 Å². The molecule has 4 rings (SSSR count). The summed E-state index contributed by atoms with van der Waals surface area (Å²) in [5.41, 5.74) is 5.35. The summed E-state index contributed by atoms with van der Waals surface area (Å²) in [5.74, 6) is 0.775. The zero-order chi connectivity index (χ0) is 23.8. The highest BCUT2D eigenvalue weighted by Gasteiger charge is 2.12. The second-order valence-corrected chi connectivity index (χ2v) is 7.16. The first kappa shape index (κ1) is 22.0. The van der Waals surface area contributed by atoms with Crippen molar-refractivity contribution in [1.29, 1.82) is 10.5 Å². The van der Waals surface area contributed by atoms with Gasteiger partial charge in [0.05, 0.1) is 23.5 Å². The minimum Gasteiger partial charge on any atom is -0.489 e. The molecule has 0 bridgehead atoms. The molecular formula is C26H18N6O2. The Kier molecular flexibility index (Phi) is 6.73. The van der Waals surface area contributed by atoms with E-state index >= 15 is 0 Å². The molecule has 0 saturated carbocycles. The number of nitrogens with one attached hydrogen (secondary N) is 2. The molecule has 0 amide bonds. The molecule has 4 aromatic rings. The van der Waals surface area contributed by atoms with Gasteiger partial charge in [0.15, 0.2) is 0 Å². The van der Waals surface area contributed by atoms with E-state index in [1.807, 2.05) is 48.5 Å². The Hall–Kier alpha value is -5.21. The molecule has 0 unspecified atom stereocenters. The number of ether oxygens (including phenoxy) is 1. The lowest BCUT2D eigenvalue weighted by atomic mass is 10.1. The summed E-state index contributed by atoms with van der Waals surface area (Å²) < 4.78 is 5.82. The lowest BCUT2D eigenvalue weighted by Crippen LogP contribution is -2.16. The first-order valence-electron chi connectivity index (χ1n) is 10.3. The van der Waals surface area contributed by atoms with E-state index in [0.717, 1.165) is 11.1 Å². The number of aromatic amines is 1. The van der Waals surface area contributed by atoms with Gasteiger partial charge in [0.2, 0.25) is 5.95 Å². The summed E-state index contributed by atoms with van der Waals surface area (Å²) in [7, 11) is 0. The van der Waals surface area contributed by atoms with Gasteiger partial charge in [0.1, 0.15) is 24.0 Å². The van der Waals surface area contributed by atoms with Crippen molar-refractivity contribution in [3.63, 3.8) is 0 Å². The van der Waals surface area contributed by atoms with Gasteiger partial charge in [-0.2, -0.15) is 15.6 Å². The average molecular weight is 446 g/mol. The van der Waals surface area contributed by atoms with E-state index < -0.39 is 5.56 Å². The third-order valence-electron chi connectivity index (χ3n) is 4.81. The van der Waals surface area contributed by atoms with Gasteiger partial charge in [0, 0.05) is 5.56 Å². The van der Waals surface area contributed by atoms with Gasteiger partial charge in [0.25, 0.3) is 5.56 Å². The summed E-state index contributed by atoms with van der Waals surface area (Å²) >= 11 is 0. The van der Waals surface area contributed by atoms with Crippen molar-refractivity contribution in [2.24, 2.45) is 5.10 Å². The first-order chi connectivity index (χ1) is 16.7. The van der Waals surface area contributed by atoms with Gasteiger partial charge < -0.3 is 4.74 Å². The molecule has 0 radical (unpaired) electrons.